The van der Waals surface area contributed by atoms with E-state index < -0.39 is 0 Å². The Morgan fingerprint density at radius 2 is 2.04 bits per heavy atom. The second-order valence-corrected chi connectivity index (χ2v) is 7.06. The Labute approximate surface area is 162 Å². The lowest BCUT2D eigenvalue weighted by atomic mass is 9.97. The summed E-state index contributed by atoms with van der Waals surface area (Å²) in [7, 11) is 0. The molecule has 1 atom stereocenters. The molecule has 0 N–H and O–H groups in total. The SMILES string of the molecule is O=C(c1cncnc1)N1CCC[C@@H](c2ncc(Cc3ccccc3Cl)o2)C1. The minimum absolute atomic E-state index is 0.0526. The van der Waals surface area contributed by atoms with E-state index in [0.717, 1.165) is 35.7 Å². The summed E-state index contributed by atoms with van der Waals surface area (Å²) in [5.74, 6) is 1.49. The Bertz CT molecular complexity index is 928. The normalized spacial score (nSPS) is 17.1. The molecule has 0 aliphatic carbocycles. The van der Waals surface area contributed by atoms with E-state index in [0.29, 0.717) is 24.4 Å². The van der Waals surface area contributed by atoms with Crippen LogP contribution < -0.4 is 0 Å². The lowest BCUT2D eigenvalue weighted by Crippen LogP contribution is -2.39. The first-order chi connectivity index (χ1) is 13.2. The summed E-state index contributed by atoms with van der Waals surface area (Å²) in [5.41, 5.74) is 1.51. The third-order valence-electron chi connectivity index (χ3n) is 4.76. The number of carbonyl (C=O) groups excluding carboxylic acids is 1. The number of amides is 1. The van der Waals surface area contributed by atoms with Crippen molar-refractivity contribution in [3.05, 3.63) is 77.0 Å². The van der Waals surface area contributed by atoms with E-state index in [1.807, 2.05) is 29.2 Å². The fourth-order valence-electron chi connectivity index (χ4n) is 3.38. The van der Waals surface area contributed by atoms with Gasteiger partial charge in [0.25, 0.3) is 5.91 Å². The van der Waals surface area contributed by atoms with Gasteiger partial charge in [-0.1, -0.05) is 29.8 Å². The monoisotopic (exact) mass is 382 g/mol. The molecule has 4 rings (SSSR count). The molecule has 2 aromatic heterocycles. The van der Waals surface area contributed by atoms with Crippen LogP contribution in [0.15, 0.2) is 53.6 Å². The molecule has 3 aromatic rings. The van der Waals surface area contributed by atoms with Crippen LogP contribution in [0.1, 0.15) is 46.3 Å². The molecule has 1 aromatic carbocycles. The summed E-state index contributed by atoms with van der Waals surface area (Å²) in [5, 5.41) is 0.718. The molecule has 0 saturated carbocycles. The first-order valence-electron chi connectivity index (χ1n) is 8.93. The number of carbonyl (C=O) groups is 1. The molecule has 6 nitrogen and oxygen atoms in total. The smallest absolute Gasteiger partial charge is 0.257 e. The number of piperidine rings is 1. The minimum atomic E-state index is -0.0526. The van der Waals surface area contributed by atoms with Crippen molar-refractivity contribution in [3.8, 4) is 0 Å². The van der Waals surface area contributed by atoms with E-state index in [4.69, 9.17) is 16.0 Å². The first-order valence-corrected chi connectivity index (χ1v) is 9.31. The highest BCUT2D eigenvalue weighted by Gasteiger charge is 2.28. The summed E-state index contributed by atoms with van der Waals surface area (Å²) in [4.78, 5) is 26.8. The van der Waals surface area contributed by atoms with Gasteiger partial charge in [0.05, 0.1) is 17.7 Å². The highest BCUT2D eigenvalue weighted by molar-refractivity contribution is 6.31. The zero-order valence-electron chi connectivity index (χ0n) is 14.7. The standard InChI is InChI=1S/C20H19ClN4O2/c21-18-6-2-1-4-14(18)8-17-11-24-19(27-17)15-5-3-7-25(12-15)20(26)16-9-22-13-23-10-16/h1-2,4,6,9-11,13,15H,3,5,7-8,12H2/t15-/m1/s1. The maximum Gasteiger partial charge on any atom is 0.257 e. The van der Waals surface area contributed by atoms with Gasteiger partial charge in [0, 0.05) is 36.9 Å². The molecule has 27 heavy (non-hydrogen) atoms. The molecule has 0 unspecified atom stereocenters. The number of likely N-dealkylation sites (tertiary alicyclic amines) is 1. The quantitative estimate of drug-likeness (QED) is 0.687. The van der Waals surface area contributed by atoms with Gasteiger partial charge in [-0.2, -0.15) is 0 Å². The molecule has 1 saturated heterocycles. The zero-order chi connectivity index (χ0) is 18.6. The van der Waals surface area contributed by atoms with Crippen molar-refractivity contribution >= 4 is 17.5 Å². The molecule has 1 fully saturated rings. The van der Waals surface area contributed by atoms with Crippen LogP contribution in [0.25, 0.3) is 0 Å². The Hall–Kier alpha value is -2.73. The summed E-state index contributed by atoms with van der Waals surface area (Å²) in [6, 6.07) is 7.71. The van der Waals surface area contributed by atoms with Gasteiger partial charge in [0.1, 0.15) is 12.1 Å². The second-order valence-electron chi connectivity index (χ2n) is 6.65. The Morgan fingerprint density at radius 1 is 1.22 bits per heavy atom. The molecular weight excluding hydrogens is 364 g/mol. The van der Waals surface area contributed by atoms with Crippen molar-refractivity contribution in [1.82, 2.24) is 19.9 Å². The maximum atomic E-state index is 12.6. The molecule has 7 heteroatoms. The summed E-state index contributed by atoms with van der Waals surface area (Å²) >= 11 is 6.23. The molecule has 0 bridgehead atoms. The fraction of sp³-hybridized carbons (Fsp3) is 0.300. The number of oxazole rings is 1. The molecule has 0 spiro atoms. The zero-order valence-corrected chi connectivity index (χ0v) is 15.5. The average Bonchev–Trinajstić information content (AvgIpc) is 3.19. The lowest BCUT2D eigenvalue weighted by molar-refractivity contribution is 0.0697. The van der Waals surface area contributed by atoms with Gasteiger partial charge in [0.2, 0.25) is 0 Å². The lowest BCUT2D eigenvalue weighted by Gasteiger charge is -2.31. The van der Waals surface area contributed by atoms with E-state index in [9.17, 15) is 4.79 Å². The predicted molar refractivity (Wildman–Crippen MR) is 101 cm³/mol. The van der Waals surface area contributed by atoms with Crippen LogP contribution in [0.5, 0.6) is 0 Å². The molecule has 138 valence electrons. The van der Waals surface area contributed by atoms with Crippen molar-refractivity contribution in [2.45, 2.75) is 25.2 Å². The Morgan fingerprint density at radius 3 is 2.85 bits per heavy atom. The number of nitrogens with zero attached hydrogens (tertiary/aromatic N) is 4. The Kier molecular flexibility index (Phi) is 5.16. The van der Waals surface area contributed by atoms with Crippen LogP contribution >= 0.6 is 11.6 Å². The predicted octanol–water partition coefficient (Wildman–Crippen LogP) is 3.73. The summed E-state index contributed by atoms with van der Waals surface area (Å²) in [6.45, 7) is 1.30. The van der Waals surface area contributed by atoms with Gasteiger partial charge < -0.3 is 9.32 Å². The highest BCUT2D eigenvalue weighted by Crippen LogP contribution is 2.28. The van der Waals surface area contributed by atoms with E-state index in [1.54, 1.807) is 18.6 Å². The van der Waals surface area contributed by atoms with E-state index in [2.05, 4.69) is 15.0 Å². The van der Waals surface area contributed by atoms with Gasteiger partial charge in [-0.15, -0.1) is 0 Å². The van der Waals surface area contributed by atoms with Gasteiger partial charge in [-0.3, -0.25) is 4.79 Å². The summed E-state index contributed by atoms with van der Waals surface area (Å²) < 4.78 is 5.98. The maximum absolute atomic E-state index is 12.6. The van der Waals surface area contributed by atoms with E-state index >= 15 is 0 Å². The number of hydrogen-bond acceptors (Lipinski definition) is 5. The third-order valence-corrected chi connectivity index (χ3v) is 5.13. The highest BCUT2D eigenvalue weighted by atomic mass is 35.5. The van der Waals surface area contributed by atoms with Gasteiger partial charge >= 0.3 is 0 Å². The Balaban J connectivity index is 1.45. The molecule has 3 heterocycles. The molecule has 1 aliphatic rings. The van der Waals surface area contributed by atoms with Crippen molar-refractivity contribution < 1.29 is 9.21 Å². The second kappa shape index (κ2) is 7.88. The van der Waals surface area contributed by atoms with Gasteiger partial charge in [-0.05, 0) is 24.5 Å². The number of halogens is 1. The first kappa shape index (κ1) is 17.7. The van der Waals surface area contributed by atoms with Crippen molar-refractivity contribution in [2.75, 3.05) is 13.1 Å². The van der Waals surface area contributed by atoms with Gasteiger partial charge in [0.15, 0.2) is 5.89 Å². The number of hydrogen-bond donors (Lipinski definition) is 0. The van der Waals surface area contributed by atoms with Gasteiger partial charge in [-0.25, -0.2) is 15.0 Å². The van der Waals surface area contributed by atoms with Crippen LogP contribution in [0.3, 0.4) is 0 Å². The van der Waals surface area contributed by atoms with Crippen LogP contribution in [-0.2, 0) is 6.42 Å². The van der Waals surface area contributed by atoms with Crippen LogP contribution in [0, 0.1) is 0 Å². The third kappa shape index (κ3) is 4.01. The minimum Gasteiger partial charge on any atom is -0.445 e. The topological polar surface area (TPSA) is 72.1 Å². The van der Waals surface area contributed by atoms with Crippen molar-refractivity contribution in [2.24, 2.45) is 0 Å². The average molecular weight is 383 g/mol. The van der Waals surface area contributed by atoms with Crippen molar-refractivity contribution in [3.63, 3.8) is 0 Å². The fourth-order valence-corrected chi connectivity index (χ4v) is 3.58. The van der Waals surface area contributed by atoms with E-state index in [-0.39, 0.29) is 11.8 Å². The largest absolute Gasteiger partial charge is 0.445 e. The van der Waals surface area contributed by atoms with Crippen LogP contribution in [0.4, 0.5) is 0 Å². The van der Waals surface area contributed by atoms with Crippen LogP contribution in [-0.4, -0.2) is 38.8 Å². The van der Waals surface area contributed by atoms with E-state index in [1.165, 1.54) is 6.33 Å². The van der Waals surface area contributed by atoms with Crippen LogP contribution in [0.2, 0.25) is 5.02 Å². The van der Waals surface area contributed by atoms with Crippen molar-refractivity contribution in [1.29, 1.82) is 0 Å². The molecule has 1 amide bonds. The molecule has 1 aliphatic heterocycles. The molecular formula is C20H19ClN4O2. The number of rotatable bonds is 4. The molecule has 0 radical (unpaired) electrons. The number of benzene rings is 1. The number of aromatic nitrogens is 3. The summed E-state index contributed by atoms with van der Waals surface area (Å²) in [6.07, 6.45) is 8.72.